The molecule has 1 unspecified atom stereocenters. The normalized spacial score (nSPS) is 12.8. The lowest BCUT2D eigenvalue weighted by atomic mass is 10.00. The number of benzene rings is 2. The predicted molar refractivity (Wildman–Crippen MR) is 88.8 cm³/mol. The van der Waals surface area contributed by atoms with Crippen molar-refractivity contribution < 1.29 is 0 Å². The van der Waals surface area contributed by atoms with Crippen LogP contribution in [0.5, 0.6) is 0 Å². The molecule has 0 fully saturated rings. The van der Waals surface area contributed by atoms with Gasteiger partial charge in [-0.05, 0) is 52.6 Å². The van der Waals surface area contributed by atoms with Crippen molar-refractivity contribution in [3.63, 3.8) is 0 Å². The maximum atomic E-state index is 6.03. The van der Waals surface area contributed by atoms with Crippen LogP contribution < -0.4 is 0 Å². The summed E-state index contributed by atoms with van der Waals surface area (Å²) in [4.78, 5) is 0.209. The van der Waals surface area contributed by atoms with Gasteiger partial charge in [-0.3, -0.25) is 0 Å². The van der Waals surface area contributed by atoms with E-state index in [4.69, 9.17) is 11.6 Å². The number of hydrogen-bond donors (Lipinski definition) is 0. The van der Waals surface area contributed by atoms with Crippen LogP contribution in [0.4, 0.5) is 0 Å². The van der Waals surface area contributed by atoms with Crippen molar-refractivity contribution in [2.24, 2.45) is 0 Å². The second-order valence-electron chi connectivity index (χ2n) is 4.55. The Morgan fingerprint density at radius 2 is 1.89 bits per heavy atom. The van der Waals surface area contributed by atoms with Gasteiger partial charge in [0.05, 0.1) is 4.83 Å². The second-order valence-corrected chi connectivity index (χ2v) is 6.81. The van der Waals surface area contributed by atoms with Gasteiger partial charge in [0.25, 0.3) is 0 Å². The largest absolute Gasteiger partial charge is 0.143 e. The molecule has 0 aliphatic carbocycles. The van der Waals surface area contributed by atoms with E-state index < -0.39 is 0 Å². The van der Waals surface area contributed by atoms with Crippen LogP contribution in [0.2, 0.25) is 5.02 Å². The molecule has 2 aromatic carbocycles. The van der Waals surface area contributed by atoms with Crippen LogP contribution in [-0.4, -0.2) is 0 Å². The van der Waals surface area contributed by atoms with Gasteiger partial charge in [-0.15, -0.1) is 11.3 Å². The molecule has 3 heteroatoms. The first-order valence-electron chi connectivity index (χ1n) is 6.03. The minimum atomic E-state index is 0.209. The minimum Gasteiger partial charge on any atom is -0.143 e. The van der Waals surface area contributed by atoms with E-state index in [1.165, 1.54) is 26.8 Å². The lowest BCUT2D eigenvalue weighted by molar-refractivity contribution is 1.17. The van der Waals surface area contributed by atoms with E-state index in [1.54, 1.807) is 11.3 Å². The lowest BCUT2D eigenvalue weighted by Gasteiger charge is -2.13. The zero-order valence-electron chi connectivity index (χ0n) is 10.4. The molecular formula is C16H12BrClS. The van der Waals surface area contributed by atoms with Crippen molar-refractivity contribution in [1.82, 2.24) is 0 Å². The van der Waals surface area contributed by atoms with Crippen LogP contribution in [-0.2, 0) is 0 Å². The summed E-state index contributed by atoms with van der Waals surface area (Å²) in [6.45, 7) is 2.10. The summed E-state index contributed by atoms with van der Waals surface area (Å²) in [7, 11) is 0. The van der Waals surface area contributed by atoms with Crippen molar-refractivity contribution in [3.05, 3.63) is 69.6 Å². The molecule has 0 nitrogen and oxygen atoms in total. The van der Waals surface area contributed by atoms with Gasteiger partial charge in [0, 0.05) is 9.72 Å². The van der Waals surface area contributed by atoms with Crippen molar-refractivity contribution >= 4 is 49.0 Å². The van der Waals surface area contributed by atoms with Gasteiger partial charge in [0.1, 0.15) is 0 Å². The van der Waals surface area contributed by atoms with E-state index in [1.807, 2.05) is 12.1 Å². The molecule has 0 aliphatic rings. The molecule has 0 amide bonds. The van der Waals surface area contributed by atoms with E-state index in [-0.39, 0.29) is 4.83 Å². The summed E-state index contributed by atoms with van der Waals surface area (Å²) < 4.78 is 1.33. The summed E-state index contributed by atoms with van der Waals surface area (Å²) >= 11 is 11.7. The Kier molecular flexibility index (Phi) is 3.66. The fraction of sp³-hybridized carbons (Fsp3) is 0.125. The Morgan fingerprint density at radius 1 is 1.11 bits per heavy atom. The molecule has 3 aromatic rings. The minimum absolute atomic E-state index is 0.209. The van der Waals surface area contributed by atoms with Crippen LogP contribution in [0.25, 0.3) is 10.1 Å². The SMILES string of the molecule is Cc1cc(Cl)ccc1C(Br)c1csc2ccccc12. The molecule has 19 heavy (non-hydrogen) atoms. The topological polar surface area (TPSA) is 0 Å². The van der Waals surface area contributed by atoms with Crippen LogP contribution >= 0.6 is 38.9 Å². The molecule has 0 radical (unpaired) electrons. The van der Waals surface area contributed by atoms with E-state index in [0.29, 0.717) is 0 Å². The van der Waals surface area contributed by atoms with Crippen LogP contribution in [0.15, 0.2) is 47.8 Å². The fourth-order valence-corrected chi connectivity index (χ4v) is 4.57. The van der Waals surface area contributed by atoms with E-state index in [9.17, 15) is 0 Å². The zero-order valence-corrected chi connectivity index (χ0v) is 13.5. The molecular weight excluding hydrogens is 340 g/mol. The van der Waals surface area contributed by atoms with Gasteiger partial charge >= 0.3 is 0 Å². The van der Waals surface area contributed by atoms with Gasteiger partial charge in [0.15, 0.2) is 0 Å². The van der Waals surface area contributed by atoms with E-state index in [0.717, 1.165) is 5.02 Å². The molecule has 0 aliphatic heterocycles. The highest BCUT2D eigenvalue weighted by Gasteiger charge is 2.16. The zero-order chi connectivity index (χ0) is 13.4. The van der Waals surface area contributed by atoms with Crippen molar-refractivity contribution in [3.8, 4) is 0 Å². The highest BCUT2D eigenvalue weighted by molar-refractivity contribution is 9.09. The van der Waals surface area contributed by atoms with Crippen LogP contribution in [0.3, 0.4) is 0 Å². The number of aryl methyl sites for hydroxylation is 1. The first kappa shape index (κ1) is 13.2. The van der Waals surface area contributed by atoms with Gasteiger partial charge in [-0.1, -0.05) is 51.8 Å². The predicted octanol–water partition coefficient (Wildman–Crippen LogP) is 6.35. The average molecular weight is 352 g/mol. The highest BCUT2D eigenvalue weighted by Crippen LogP contribution is 2.39. The first-order chi connectivity index (χ1) is 9.16. The molecule has 1 atom stereocenters. The Labute approximate surface area is 130 Å². The smallest absolute Gasteiger partial charge is 0.0661 e. The summed E-state index contributed by atoms with van der Waals surface area (Å²) in [5.74, 6) is 0. The molecule has 0 bridgehead atoms. The quantitative estimate of drug-likeness (QED) is 0.472. The number of rotatable bonds is 2. The van der Waals surface area contributed by atoms with Gasteiger partial charge < -0.3 is 0 Å². The molecule has 3 rings (SSSR count). The summed E-state index contributed by atoms with van der Waals surface area (Å²) in [5, 5.41) is 4.35. The summed E-state index contributed by atoms with van der Waals surface area (Å²) in [5.41, 5.74) is 3.81. The average Bonchev–Trinajstić information content (AvgIpc) is 2.82. The molecule has 0 saturated carbocycles. The Morgan fingerprint density at radius 3 is 2.68 bits per heavy atom. The molecule has 0 saturated heterocycles. The Bertz CT molecular complexity index is 732. The maximum absolute atomic E-state index is 6.03. The lowest BCUT2D eigenvalue weighted by Crippen LogP contribution is -1.94. The number of hydrogen-bond acceptors (Lipinski definition) is 1. The number of fused-ring (bicyclic) bond motifs is 1. The van der Waals surface area contributed by atoms with Crippen molar-refractivity contribution in [2.75, 3.05) is 0 Å². The Hall–Kier alpha value is -0.830. The molecule has 1 aromatic heterocycles. The van der Waals surface area contributed by atoms with E-state index in [2.05, 4.69) is 58.6 Å². The highest BCUT2D eigenvalue weighted by atomic mass is 79.9. The van der Waals surface area contributed by atoms with Crippen LogP contribution in [0, 0.1) is 6.92 Å². The van der Waals surface area contributed by atoms with Crippen molar-refractivity contribution in [2.45, 2.75) is 11.8 Å². The number of halogens is 2. The number of thiophene rings is 1. The van der Waals surface area contributed by atoms with Crippen LogP contribution in [0.1, 0.15) is 21.5 Å². The number of alkyl halides is 1. The van der Waals surface area contributed by atoms with Crippen molar-refractivity contribution in [1.29, 1.82) is 0 Å². The first-order valence-corrected chi connectivity index (χ1v) is 8.20. The third-order valence-electron chi connectivity index (χ3n) is 3.29. The third-order valence-corrected chi connectivity index (χ3v) is 5.49. The fourth-order valence-electron chi connectivity index (χ4n) is 2.29. The van der Waals surface area contributed by atoms with Gasteiger partial charge in [-0.2, -0.15) is 0 Å². The molecule has 96 valence electrons. The summed E-state index contributed by atoms with van der Waals surface area (Å²) in [6, 6.07) is 14.6. The molecule has 0 spiro atoms. The van der Waals surface area contributed by atoms with Gasteiger partial charge in [-0.25, -0.2) is 0 Å². The standard InChI is InChI=1S/C16H12BrClS/c1-10-8-11(18)6-7-12(10)16(17)14-9-19-15-5-3-2-4-13(14)15/h2-9,16H,1H3. The van der Waals surface area contributed by atoms with E-state index >= 15 is 0 Å². The van der Waals surface area contributed by atoms with Gasteiger partial charge in [0.2, 0.25) is 0 Å². The maximum Gasteiger partial charge on any atom is 0.0661 e. The second kappa shape index (κ2) is 5.28. The monoisotopic (exact) mass is 350 g/mol. The summed E-state index contributed by atoms with van der Waals surface area (Å²) in [6.07, 6.45) is 0. The molecule has 1 heterocycles. The molecule has 0 N–H and O–H groups in total. The third kappa shape index (κ3) is 2.45. The Balaban J connectivity index is 2.10.